The zero-order valence-corrected chi connectivity index (χ0v) is 24.6. The maximum absolute atomic E-state index is 12.5. The molecule has 186 valence electrons. The van der Waals surface area contributed by atoms with E-state index in [1.807, 2.05) is 19.1 Å². The van der Waals surface area contributed by atoms with Crippen LogP contribution >= 0.6 is 73.3 Å². The van der Waals surface area contributed by atoms with Crippen LogP contribution in [0.5, 0.6) is 11.5 Å². The molecule has 11 heteroatoms. The van der Waals surface area contributed by atoms with E-state index in [1.54, 1.807) is 36.4 Å². The Kier molecular flexibility index (Phi) is 9.05. The molecule has 0 aliphatic carbocycles. The number of nitrogens with zero attached hydrogens (tertiary/aromatic N) is 1. The van der Waals surface area contributed by atoms with Crippen molar-refractivity contribution in [2.75, 3.05) is 6.61 Å². The lowest BCUT2D eigenvalue weighted by molar-refractivity contribution is 0.0929. The topological polar surface area (TPSA) is 73.1 Å². The van der Waals surface area contributed by atoms with Crippen molar-refractivity contribution in [2.45, 2.75) is 13.5 Å². The lowest BCUT2D eigenvalue weighted by atomic mass is 10.2. The van der Waals surface area contributed by atoms with E-state index in [-0.39, 0.29) is 12.4 Å². The molecule has 0 radical (unpaired) electrons. The van der Waals surface area contributed by atoms with Crippen LogP contribution < -0.4 is 14.9 Å². The highest BCUT2D eigenvalue weighted by molar-refractivity contribution is 14.1. The number of hydrogen-bond donors (Lipinski definition) is 1. The molecule has 1 heterocycles. The van der Waals surface area contributed by atoms with E-state index in [4.69, 9.17) is 48.7 Å². The SMILES string of the molecule is CCOc1cc(/C=N\NC(=O)c2cc3cc(Br)cc(I)c3o2)cc(Cl)c1OCc1ccc(Cl)cc1Cl. The maximum atomic E-state index is 12.5. The number of fused-ring (bicyclic) bond motifs is 1. The van der Waals surface area contributed by atoms with Crippen LogP contribution in [0.3, 0.4) is 0 Å². The molecular formula is C25H17BrCl3IN2O4. The van der Waals surface area contributed by atoms with Crippen LogP contribution in [0.2, 0.25) is 15.1 Å². The number of carbonyl (C=O) groups is 1. The smallest absolute Gasteiger partial charge is 0.307 e. The molecule has 0 saturated heterocycles. The number of halogens is 5. The number of amides is 1. The van der Waals surface area contributed by atoms with Gasteiger partial charge in [-0.05, 0) is 77.5 Å². The quantitative estimate of drug-likeness (QED) is 0.113. The van der Waals surface area contributed by atoms with Crippen molar-refractivity contribution in [1.82, 2.24) is 5.43 Å². The molecule has 0 spiro atoms. The van der Waals surface area contributed by atoms with Crippen LogP contribution in [0.4, 0.5) is 0 Å². The third-order valence-corrected chi connectivity index (χ3v) is 6.98. The standard InChI is InChI=1S/C25H17BrCl3IN2O4/c1-2-34-21-6-13(5-19(29)24(21)35-12-14-3-4-17(27)10-18(14)28)11-31-32-25(33)22-8-15-7-16(26)9-20(30)23(15)36-22/h3-11H,2,12H2,1H3,(H,32,33)/b31-11-. The van der Waals surface area contributed by atoms with Crippen LogP contribution in [-0.4, -0.2) is 18.7 Å². The number of rotatable bonds is 8. The van der Waals surface area contributed by atoms with Gasteiger partial charge in [-0.2, -0.15) is 5.10 Å². The summed E-state index contributed by atoms with van der Waals surface area (Å²) in [6.45, 7) is 2.42. The van der Waals surface area contributed by atoms with Crippen LogP contribution in [0.15, 0.2) is 62.5 Å². The molecule has 0 atom stereocenters. The monoisotopic (exact) mass is 720 g/mol. The summed E-state index contributed by atoms with van der Waals surface area (Å²) >= 11 is 24.3. The van der Waals surface area contributed by atoms with E-state index in [2.05, 4.69) is 49.0 Å². The molecule has 4 aromatic rings. The summed E-state index contributed by atoms with van der Waals surface area (Å²) < 4.78 is 19.1. The largest absolute Gasteiger partial charge is 0.490 e. The van der Waals surface area contributed by atoms with Gasteiger partial charge < -0.3 is 13.9 Å². The van der Waals surface area contributed by atoms with Gasteiger partial charge in [0.25, 0.3) is 0 Å². The van der Waals surface area contributed by atoms with Crippen LogP contribution in [-0.2, 0) is 6.61 Å². The molecule has 0 aliphatic heterocycles. The van der Waals surface area contributed by atoms with Gasteiger partial charge in [0.2, 0.25) is 0 Å². The molecule has 0 saturated carbocycles. The van der Waals surface area contributed by atoms with Crippen molar-refractivity contribution in [3.8, 4) is 11.5 Å². The summed E-state index contributed by atoms with van der Waals surface area (Å²) in [7, 11) is 0. The molecule has 6 nitrogen and oxygen atoms in total. The minimum absolute atomic E-state index is 0.149. The number of hydrogen-bond acceptors (Lipinski definition) is 5. The van der Waals surface area contributed by atoms with Gasteiger partial charge in [-0.15, -0.1) is 0 Å². The molecule has 36 heavy (non-hydrogen) atoms. The fourth-order valence-electron chi connectivity index (χ4n) is 3.26. The van der Waals surface area contributed by atoms with E-state index in [1.165, 1.54) is 6.21 Å². The Morgan fingerprint density at radius 1 is 1.11 bits per heavy atom. The summed E-state index contributed by atoms with van der Waals surface area (Å²) in [4.78, 5) is 12.5. The number of hydrazone groups is 1. The van der Waals surface area contributed by atoms with E-state index >= 15 is 0 Å². The van der Waals surface area contributed by atoms with E-state index in [9.17, 15) is 4.79 Å². The average Bonchev–Trinajstić information content (AvgIpc) is 3.24. The zero-order chi connectivity index (χ0) is 25.8. The van der Waals surface area contributed by atoms with Crippen molar-refractivity contribution >= 4 is 96.4 Å². The molecule has 0 fully saturated rings. The Bertz CT molecular complexity index is 1480. The highest BCUT2D eigenvalue weighted by Gasteiger charge is 2.16. The second-order valence-electron chi connectivity index (χ2n) is 7.40. The van der Waals surface area contributed by atoms with Gasteiger partial charge in [-0.1, -0.05) is 56.8 Å². The second kappa shape index (κ2) is 12.0. The molecular weight excluding hydrogens is 705 g/mol. The second-order valence-corrected chi connectivity index (χ2v) is 10.7. The van der Waals surface area contributed by atoms with Crippen LogP contribution in [0.25, 0.3) is 11.0 Å². The lowest BCUT2D eigenvalue weighted by Crippen LogP contribution is -2.16. The van der Waals surface area contributed by atoms with Crippen molar-refractivity contribution < 1.29 is 18.7 Å². The molecule has 0 unspecified atom stereocenters. The van der Waals surface area contributed by atoms with Crippen LogP contribution in [0, 0.1) is 3.57 Å². The van der Waals surface area contributed by atoms with Crippen molar-refractivity contribution in [2.24, 2.45) is 5.10 Å². The van der Waals surface area contributed by atoms with Gasteiger partial charge in [0.15, 0.2) is 17.3 Å². The van der Waals surface area contributed by atoms with Crippen molar-refractivity contribution in [3.63, 3.8) is 0 Å². The molecule has 1 aromatic heterocycles. The van der Waals surface area contributed by atoms with Gasteiger partial charge >= 0.3 is 5.91 Å². The first kappa shape index (κ1) is 27.1. The van der Waals surface area contributed by atoms with Crippen molar-refractivity contribution in [3.05, 3.63) is 88.5 Å². The molecule has 4 rings (SSSR count). The minimum atomic E-state index is -0.481. The maximum Gasteiger partial charge on any atom is 0.307 e. The zero-order valence-electron chi connectivity index (χ0n) is 18.6. The first-order valence-corrected chi connectivity index (χ1v) is 13.5. The van der Waals surface area contributed by atoms with Gasteiger partial charge in [-0.25, -0.2) is 5.43 Å². The number of benzene rings is 3. The Labute approximate surface area is 244 Å². The van der Waals surface area contributed by atoms with Gasteiger partial charge in [0.05, 0.1) is 21.4 Å². The third kappa shape index (κ3) is 6.47. The molecule has 0 aliphatic rings. The van der Waals surface area contributed by atoms with Gasteiger partial charge in [0, 0.05) is 25.5 Å². The summed E-state index contributed by atoms with van der Waals surface area (Å²) in [5, 5.41) is 6.19. The Balaban J connectivity index is 1.48. The normalized spacial score (nSPS) is 11.3. The molecule has 3 aromatic carbocycles. The van der Waals surface area contributed by atoms with Crippen molar-refractivity contribution in [1.29, 1.82) is 0 Å². The van der Waals surface area contributed by atoms with E-state index in [0.717, 1.165) is 19.0 Å². The number of furan rings is 1. The summed E-state index contributed by atoms with van der Waals surface area (Å²) in [5.74, 6) is 0.468. The van der Waals surface area contributed by atoms with Crippen LogP contribution in [0.1, 0.15) is 28.6 Å². The fourth-order valence-corrected chi connectivity index (χ4v) is 5.66. The predicted molar refractivity (Wildman–Crippen MR) is 155 cm³/mol. The summed E-state index contributed by atoms with van der Waals surface area (Å²) in [5.41, 5.74) is 4.45. The predicted octanol–water partition coefficient (Wildman–Crippen LogP) is 8.50. The minimum Gasteiger partial charge on any atom is -0.490 e. The third-order valence-electron chi connectivity index (χ3n) is 4.86. The fraction of sp³-hybridized carbons (Fsp3) is 0.120. The van der Waals surface area contributed by atoms with Gasteiger partial charge in [-0.3, -0.25) is 4.79 Å². The highest BCUT2D eigenvalue weighted by Crippen LogP contribution is 2.37. The lowest BCUT2D eigenvalue weighted by Gasteiger charge is -2.15. The van der Waals surface area contributed by atoms with Gasteiger partial charge in [0.1, 0.15) is 12.2 Å². The Morgan fingerprint density at radius 2 is 1.92 bits per heavy atom. The summed E-state index contributed by atoms with van der Waals surface area (Å²) in [6.07, 6.45) is 1.45. The molecule has 1 N–H and O–H groups in total. The molecule has 1 amide bonds. The van der Waals surface area contributed by atoms with E-state index < -0.39 is 5.91 Å². The number of carbonyl (C=O) groups excluding carboxylic acids is 1. The summed E-state index contributed by atoms with van der Waals surface area (Å²) in [6, 6.07) is 14.0. The van der Waals surface area contributed by atoms with E-state index in [0.29, 0.717) is 44.3 Å². The number of ether oxygens (including phenoxy) is 2. The average molecular weight is 723 g/mol. The Morgan fingerprint density at radius 3 is 2.67 bits per heavy atom. The first-order chi connectivity index (χ1) is 17.2. The molecule has 0 bridgehead atoms. The first-order valence-electron chi connectivity index (χ1n) is 10.5. The number of nitrogens with one attached hydrogen (secondary N) is 1. The highest BCUT2D eigenvalue weighted by atomic mass is 127. The Hall–Kier alpha value is -1.98.